The molecule has 1 heterocycles. The predicted octanol–water partition coefficient (Wildman–Crippen LogP) is 0.963. The van der Waals surface area contributed by atoms with Crippen LogP contribution in [0.5, 0.6) is 0 Å². The molecule has 0 fully saturated rings. The molecule has 0 saturated heterocycles. The van der Waals surface area contributed by atoms with Gasteiger partial charge in [0, 0.05) is 12.9 Å². The van der Waals surface area contributed by atoms with Gasteiger partial charge in [-0.05, 0) is 6.92 Å². The lowest BCUT2D eigenvalue weighted by molar-refractivity contribution is 0.0218. The molecule has 0 aliphatic rings. The zero-order chi connectivity index (χ0) is 11.8. The molecule has 92 valence electrons. The second-order valence-corrected chi connectivity index (χ2v) is 5.57. The predicted molar refractivity (Wildman–Crippen MR) is 64.1 cm³/mol. The van der Waals surface area contributed by atoms with Gasteiger partial charge in [0.15, 0.2) is 4.34 Å². The zero-order valence-electron chi connectivity index (χ0n) is 9.38. The summed E-state index contributed by atoms with van der Waals surface area (Å²) in [6.45, 7) is 3.30. The lowest BCUT2D eigenvalue weighted by atomic mass is 10.4. The van der Waals surface area contributed by atoms with Gasteiger partial charge in [0.25, 0.3) is 0 Å². The van der Waals surface area contributed by atoms with Crippen molar-refractivity contribution < 1.29 is 14.6 Å². The molecule has 0 aromatic carbocycles. The molecular formula is C9H16N2O3S2. The van der Waals surface area contributed by atoms with Crippen molar-refractivity contribution in [2.75, 3.05) is 32.7 Å². The number of hydrogen-bond acceptors (Lipinski definition) is 7. The average molecular weight is 264 g/mol. The van der Waals surface area contributed by atoms with Crippen LogP contribution in [-0.4, -0.2) is 54.1 Å². The van der Waals surface area contributed by atoms with Gasteiger partial charge in [-0.15, -0.1) is 10.2 Å². The van der Waals surface area contributed by atoms with Crippen LogP contribution in [0.25, 0.3) is 0 Å². The number of aliphatic hydroxyl groups is 1. The van der Waals surface area contributed by atoms with Crippen molar-refractivity contribution in [3.05, 3.63) is 5.01 Å². The Morgan fingerprint density at radius 1 is 1.44 bits per heavy atom. The molecule has 1 atom stereocenters. The van der Waals surface area contributed by atoms with Gasteiger partial charge in [0.05, 0.1) is 25.9 Å². The van der Waals surface area contributed by atoms with E-state index < -0.39 is 6.10 Å². The minimum Gasteiger partial charge on any atom is -0.390 e. The summed E-state index contributed by atoms with van der Waals surface area (Å²) in [6, 6.07) is 0. The molecule has 5 nitrogen and oxygen atoms in total. The molecule has 0 saturated carbocycles. The number of aryl methyl sites for hydroxylation is 1. The van der Waals surface area contributed by atoms with Crippen LogP contribution in [-0.2, 0) is 9.47 Å². The van der Waals surface area contributed by atoms with Gasteiger partial charge in [-0.3, -0.25) is 0 Å². The van der Waals surface area contributed by atoms with Crippen LogP contribution in [0.2, 0.25) is 0 Å². The van der Waals surface area contributed by atoms with Crippen LogP contribution in [0.15, 0.2) is 4.34 Å². The van der Waals surface area contributed by atoms with Gasteiger partial charge < -0.3 is 14.6 Å². The summed E-state index contributed by atoms with van der Waals surface area (Å²) in [4.78, 5) is 0. The number of aromatic nitrogens is 2. The molecule has 16 heavy (non-hydrogen) atoms. The first kappa shape index (κ1) is 13.9. The Morgan fingerprint density at radius 2 is 2.25 bits per heavy atom. The Morgan fingerprint density at radius 3 is 2.88 bits per heavy atom. The first-order valence-electron chi connectivity index (χ1n) is 4.90. The Kier molecular flexibility index (Phi) is 6.90. The SMILES string of the molecule is COCCOCC(O)CSc1nnc(C)s1. The number of thioether (sulfide) groups is 1. The minimum atomic E-state index is -0.480. The quantitative estimate of drug-likeness (QED) is 0.557. The Hall–Kier alpha value is -0.210. The lowest BCUT2D eigenvalue weighted by Gasteiger charge is -2.09. The molecule has 0 spiro atoms. The molecule has 1 aromatic rings. The van der Waals surface area contributed by atoms with Crippen LogP contribution < -0.4 is 0 Å². The monoisotopic (exact) mass is 264 g/mol. The van der Waals surface area contributed by atoms with Crippen molar-refractivity contribution >= 4 is 23.1 Å². The number of rotatable bonds is 8. The van der Waals surface area contributed by atoms with Gasteiger partial charge >= 0.3 is 0 Å². The molecule has 0 amide bonds. The standard InChI is InChI=1S/C9H16N2O3S2/c1-7-10-11-9(16-7)15-6-8(12)5-14-4-3-13-2/h8,12H,3-6H2,1-2H3. The van der Waals surface area contributed by atoms with Crippen LogP contribution in [0, 0.1) is 6.92 Å². The van der Waals surface area contributed by atoms with Gasteiger partial charge in [-0.1, -0.05) is 23.1 Å². The van der Waals surface area contributed by atoms with Crippen molar-refractivity contribution in [2.24, 2.45) is 0 Å². The molecule has 1 rings (SSSR count). The molecule has 1 aromatic heterocycles. The molecule has 0 radical (unpaired) electrons. The van der Waals surface area contributed by atoms with Crippen molar-refractivity contribution in [3.8, 4) is 0 Å². The topological polar surface area (TPSA) is 64.5 Å². The molecule has 0 bridgehead atoms. The smallest absolute Gasteiger partial charge is 0.174 e. The first-order chi connectivity index (χ1) is 7.72. The Bertz CT molecular complexity index is 296. The number of hydrogen-bond donors (Lipinski definition) is 1. The van der Waals surface area contributed by atoms with E-state index in [9.17, 15) is 5.11 Å². The van der Waals surface area contributed by atoms with E-state index in [-0.39, 0.29) is 0 Å². The van der Waals surface area contributed by atoms with E-state index in [1.165, 1.54) is 23.1 Å². The van der Waals surface area contributed by atoms with Crippen LogP contribution in [0.4, 0.5) is 0 Å². The molecule has 0 aliphatic heterocycles. The average Bonchev–Trinajstić information content (AvgIpc) is 2.68. The summed E-state index contributed by atoms with van der Waals surface area (Å²) in [6.07, 6.45) is -0.480. The van der Waals surface area contributed by atoms with E-state index in [0.29, 0.717) is 25.6 Å². The summed E-state index contributed by atoms with van der Waals surface area (Å²) >= 11 is 3.03. The lowest BCUT2D eigenvalue weighted by Crippen LogP contribution is -2.19. The first-order valence-corrected chi connectivity index (χ1v) is 6.70. The number of nitrogens with zero attached hydrogens (tertiary/aromatic N) is 2. The van der Waals surface area contributed by atoms with E-state index in [0.717, 1.165) is 9.35 Å². The van der Waals surface area contributed by atoms with Crippen LogP contribution in [0.3, 0.4) is 0 Å². The van der Waals surface area contributed by atoms with E-state index in [1.807, 2.05) is 6.92 Å². The second kappa shape index (κ2) is 7.97. The maximum atomic E-state index is 9.59. The molecular weight excluding hydrogens is 248 g/mol. The molecule has 1 N–H and O–H groups in total. The summed E-state index contributed by atoms with van der Waals surface area (Å²) in [5.74, 6) is 0.571. The number of ether oxygens (including phenoxy) is 2. The minimum absolute atomic E-state index is 0.328. The Balaban J connectivity index is 2.08. The van der Waals surface area contributed by atoms with Crippen LogP contribution >= 0.6 is 23.1 Å². The fourth-order valence-electron chi connectivity index (χ4n) is 0.914. The van der Waals surface area contributed by atoms with Crippen molar-refractivity contribution in [1.82, 2.24) is 10.2 Å². The third-order valence-corrected chi connectivity index (χ3v) is 3.77. The van der Waals surface area contributed by atoms with Crippen LogP contribution in [0.1, 0.15) is 5.01 Å². The fraction of sp³-hybridized carbons (Fsp3) is 0.778. The number of methoxy groups -OCH3 is 1. The van der Waals surface area contributed by atoms with Crippen molar-refractivity contribution in [1.29, 1.82) is 0 Å². The molecule has 7 heteroatoms. The summed E-state index contributed by atoms with van der Waals surface area (Å²) < 4.78 is 10.9. The largest absolute Gasteiger partial charge is 0.390 e. The second-order valence-electron chi connectivity index (χ2n) is 3.12. The maximum Gasteiger partial charge on any atom is 0.174 e. The normalized spacial score (nSPS) is 12.9. The highest BCUT2D eigenvalue weighted by molar-refractivity contribution is 8.01. The highest BCUT2D eigenvalue weighted by Crippen LogP contribution is 2.22. The van der Waals surface area contributed by atoms with E-state index >= 15 is 0 Å². The highest BCUT2D eigenvalue weighted by Gasteiger charge is 2.07. The van der Waals surface area contributed by atoms with E-state index in [4.69, 9.17) is 9.47 Å². The van der Waals surface area contributed by atoms with E-state index in [1.54, 1.807) is 7.11 Å². The van der Waals surface area contributed by atoms with Crippen molar-refractivity contribution in [3.63, 3.8) is 0 Å². The van der Waals surface area contributed by atoms with Gasteiger partial charge in [-0.2, -0.15) is 0 Å². The maximum absolute atomic E-state index is 9.59. The van der Waals surface area contributed by atoms with Gasteiger partial charge in [0.2, 0.25) is 0 Å². The molecule has 0 aliphatic carbocycles. The third kappa shape index (κ3) is 5.76. The van der Waals surface area contributed by atoms with Crippen molar-refractivity contribution in [2.45, 2.75) is 17.4 Å². The fourth-order valence-corrected chi connectivity index (χ4v) is 2.66. The Labute approximate surface area is 103 Å². The summed E-state index contributed by atoms with van der Waals surface area (Å²) in [5.41, 5.74) is 0. The van der Waals surface area contributed by atoms with E-state index in [2.05, 4.69) is 10.2 Å². The summed E-state index contributed by atoms with van der Waals surface area (Å²) in [7, 11) is 1.62. The zero-order valence-corrected chi connectivity index (χ0v) is 11.0. The summed E-state index contributed by atoms with van der Waals surface area (Å²) in [5, 5.41) is 18.4. The highest BCUT2D eigenvalue weighted by atomic mass is 32.2. The molecule has 1 unspecified atom stereocenters. The number of aliphatic hydroxyl groups excluding tert-OH is 1. The third-order valence-electron chi connectivity index (χ3n) is 1.65. The van der Waals surface area contributed by atoms with Gasteiger partial charge in [-0.25, -0.2) is 0 Å². The van der Waals surface area contributed by atoms with Gasteiger partial charge in [0.1, 0.15) is 5.01 Å².